The first-order chi connectivity index (χ1) is 11.5. The summed E-state index contributed by atoms with van der Waals surface area (Å²) in [7, 11) is 3.81. The van der Waals surface area contributed by atoms with Crippen molar-refractivity contribution in [3.05, 3.63) is 0 Å². The van der Waals surface area contributed by atoms with Crippen LogP contribution >= 0.6 is 24.0 Å². The molecule has 26 heavy (non-hydrogen) atoms. The molecule has 1 saturated heterocycles. The van der Waals surface area contributed by atoms with Gasteiger partial charge in [-0.05, 0) is 41.7 Å². The number of morpholine rings is 1. The summed E-state index contributed by atoms with van der Waals surface area (Å²) in [6.07, 6.45) is -0.286. The van der Waals surface area contributed by atoms with E-state index in [1.807, 2.05) is 34.6 Å². The van der Waals surface area contributed by atoms with Crippen molar-refractivity contribution < 1.29 is 14.3 Å². The van der Waals surface area contributed by atoms with Gasteiger partial charge in [0, 0.05) is 33.2 Å². The molecule has 1 fully saturated rings. The molecule has 0 spiro atoms. The Hall–Kier alpha value is -0.810. The van der Waals surface area contributed by atoms with E-state index in [1.54, 1.807) is 7.05 Å². The Balaban J connectivity index is 0.00000625. The molecule has 0 radical (unpaired) electrons. The molecular weight excluding hydrogens is 449 g/mol. The highest BCUT2D eigenvalue weighted by atomic mass is 127. The average molecular weight is 485 g/mol. The van der Waals surface area contributed by atoms with Crippen LogP contribution < -0.4 is 16.0 Å². The summed E-state index contributed by atoms with van der Waals surface area (Å²) in [5, 5.41) is 9.36. The van der Waals surface area contributed by atoms with Crippen LogP contribution in [0.5, 0.6) is 0 Å². The van der Waals surface area contributed by atoms with Crippen LogP contribution in [-0.2, 0) is 9.47 Å². The summed E-state index contributed by atoms with van der Waals surface area (Å²) in [6.45, 7) is 13.2. The van der Waals surface area contributed by atoms with Crippen LogP contribution in [0, 0.1) is 0 Å². The number of nitrogens with one attached hydrogen (secondary N) is 3. The number of guanidine groups is 1. The third kappa shape index (κ3) is 11.0. The molecule has 1 heterocycles. The first-order valence-electron chi connectivity index (χ1n) is 8.76. The standard InChI is InChI=1S/C17H35N5O3.HI/c1-16(2,3)25-15(23)21-17(4,5)12-20-14(18-6)19-10-13-11-22(7)8-9-24-13;/h13H,8-12H2,1-7H3,(H,21,23)(H2,18,19,20);1H. The Morgan fingerprint density at radius 3 is 2.46 bits per heavy atom. The maximum atomic E-state index is 11.9. The molecule has 0 aliphatic carbocycles. The lowest BCUT2D eigenvalue weighted by Crippen LogP contribution is -2.55. The van der Waals surface area contributed by atoms with E-state index in [2.05, 4.69) is 32.9 Å². The number of carbonyl (C=O) groups excluding carboxylic acids is 1. The van der Waals surface area contributed by atoms with Crippen molar-refractivity contribution >= 4 is 36.0 Å². The van der Waals surface area contributed by atoms with E-state index in [0.29, 0.717) is 19.0 Å². The van der Waals surface area contributed by atoms with Gasteiger partial charge in [-0.1, -0.05) is 0 Å². The van der Waals surface area contributed by atoms with E-state index < -0.39 is 17.2 Å². The van der Waals surface area contributed by atoms with Crippen molar-refractivity contribution in [2.45, 2.75) is 51.9 Å². The fourth-order valence-corrected chi connectivity index (χ4v) is 2.35. The van der Waals surface area contributed by atoms with Crippen LogP contribution in [0.1, 0.15) is 34.6 Å². The number of alkyl carbamates (subject to hydrolysis) is 1. The molecular formula is C17H36IN5O3. The predicted molar refractivity (Wildman–Crippen MR) is 115 cm³/mol. The Labute approximate surface area is 174 Å². The van der Waals surface area contributed by atoms with Gasteiger partial charge in [-0.25, -0.2) is 4.79 Å². The van der Waals surface area contributed by atoms with Gasteiger partial charge >= 0.3 is 6.09 Å². The lowest BCUT2D eigenvalue weighted by atomic mass is 10.1. The van der Waals surface area contributed by atoms with Crippen LogP contribution in [0.2, 0.25) is 0 Å². The number of rotatable bonds is 5. The number of amides is 1. The Bertz CT molecular complexity index is 466. The number of hydrogen-bond donors (Lipinski definition) is 3. The number of carbonyl (C=O) groups is 1. The third-order valence-electron chi connectivity index (χ3n) is 3.60. The van der Waals surface area contributed by atoms with E-state index >= 15 is 0 Å². The minimum absolute atomic E-state index is 0. The second-order valence-corrected chi connectivity index (χ2v) is 8.07. The highest BCUT2D eigenvalue weighted by Crippen LogP contribution is 2.09. The molecule has 0 aromatic heterocycles. The van der Waals surface area contributed by atoms with Crippen molar-refractivity contribution in [2.24, 2.45) is 4.99 Å². The van der Waals surface area contributed by atoms with Crippen LogP contribution in [0.3, 0.4) is 0 Å². The van der Waals surface area contributed by atoms with E-state index in [0.717, 1.165) is 19.7 Å². The highest BCUT2D eigenvalue weighted by Gasteiger charge is 2.25. The van der Waals surface area contributed by atoms with Gasteiger partial charge in [-0.3, -0.25) is 4.99 Å². The number of nitrogens with zero attached hydrogens (tertiary/aromatic N) is 2. The molecule has 1 aliphatic heterocycles. The number of halogens is 1. The van der Waals surface area contributed by atoms with Gasteiger partial charge < -0.3 is 30.3 Å². The van der Waals surface area contributed by atoms with E-state index in [-0.39, 0.29) is 30.1 Å². The fraction of sp³-hybridized carbons (Fsp3) is 0.882. The first-order valence-corrected chi connectivity index (χ1v) is 8.76. The molecule has 8 nitrogen and oxygen atoms in total. The van der Waals surface area contributed by atoms with Gasteiger partial charge in [0.25, 0.3) is 0 Å². The largest absolute Gasteiger partial charge is 0.444 e. The zero-order valence-electron chi connectivity index (χ0n) is 17.1. The quantitative estimate of drug-likeness (QED) is 0.310. The Morgan fingerprint density at radius 1 is 1.27 bits per heavy atom. The van der Waals surface area contributed by atoms with E-state index in [4.69, 9.17) is 9.47 Å². The van der Waals surface area contributed by atoms with Gasteiger partial charge in [-0.2, -0.15) is 0 Å². The summed E-state index contributed by atoms with van der Waals surface area (Å²) < 4.78 is 11.0. The molecule has 3 N–H and O–H groups in total. The normalized spacial score (nSPS) is 19.3. The van der Waals surface area contributed by atoms with Crippen molar-refractivity contribution in [1.82, 2.24) is 20.9 Å². The number of aliphatic imine (C=N–C) groups is 1. The molecule has 0 aromatic rings. The molecule has 0 saturated carbocycles. The summed E-state index contributed by atoms with van der Waals surface area (Å²) in [5.74, 6) is 0.677. The SMILES string of the molecule is CN=C(NCC1CN(C)CCO1)NCC(C)(C)NC(=O)OC(C)(C)C.I. The molecule has 154 valence electrons. The van der Waals surface area contributed by atoms with E-state index in [9.17, 15) is 4.79 Å². The second-order valence-electron chi connectivity index (χ2n) is 8.07. The second kappa shape index (κ2) is 11.1. The highest BCUT2D eigenvalue weighted by molar-refractivity contribution is 14.0. The topological polar surface area (TPSA) is 87.2 Å². The summed E-state index contributed by atoms with van der Waals surface area (Å²) >= 11 is 0. The Morgan fingerprint density at radius 2 is 1.92 bits per heavy atom. The fourth-order valence-electron chi connectivity index (χ4n) is 2.35. The van der Waals surface area contributed by atoms with Crippen molar-refractivity contribution in [2.75, 3.05) is 46.9 Å². The van der Waals surface area contributed by atoms with Crippen LogP contribution in [0.15, 0.2) is 4.99 Å². The number of ether oxygens (including phenoxy) is 2. The third-order valence-corrected chi connectivity index (χ3v) is 3.60. The molecule has 1 unspecified atom stereocenters. The van der Waals surface area contributed by atoms with Crippen molar-refractivity contribution in [1.29, 1.82) is 0 Å². The minimum atomic E-state index is -0.516. The molecule has 0 aromatic carbocycles. The summed E-state index contributed by atoms with van der Waals surface area (Å²) in [5.41, 5.74) is -1.00. The molecule has 0 bridgehead atoms. The lowest BCUT2D eigenvalue weighted by Gasteiger charge is -2.31. The van der Waals surface area contributed by atoms with Crippen molar-refractivity contribution in [3.63, 3.8) is 0 Å². The van der Waals surface area contributed by atoms with Gasteiger partial charge in [0.2, 0.25) is 0 Å². The maximum Gasteiger partial charge on any atom is 0.408 e. The van der Waals surface area contributed by atoms with Crippen molar-refractivity contribution in [3.8, 4) is 0 Å². The molecule has 1 amide bonds. The molecule has 1 atom stereocenters. The Kier molecular flexibility index (Phi) is 10.8. The average Bonchev–Trinajstić information content (AvgIpc) is 2.44. The zero-order chi connectivity index (χ0) is 19.1. The van der Waals surface area contributed by atoms with E-state index in [1.165, 1.54) is 0 Å². The summed E-state index contributed by atoms with van der Waals surface area (Å²) in [4.78, 5) is 18.4. The number of likely N-dealkylation sites (N-methyl/N-ethyl adjacent to an activating group) is 1. The molecule has 1 rings (SSSR count). The van der Waals surface area contributed by atoms with Crippen LogP contribution in [-0.4, -0.2) is 81.1 Å². The first kappa shape index (κ1) is 25.2. The molecule has 1 aliphatic rings. The van der Waals surface area contributed by atoms with Gasteiger partial charge in [-0.15, -0.1) is 24.0 Å². The minimum Gasteiger partial charge on any atom is -0.444 e. The monoisotopic (exact) mass is 485 g/mol. The van der Waals surface area contributed by atoms with Crippen LogP contribution in [0.25, 0.3) is 0 Å². The van der Waals surface area contributed by atoms with Crippen LogP contribution in [0.4, 0.5) is 4.79 Å². The smallest absolute Gasteiger partial charge is 0.408 e. The van der Waals surface area contributed by atoms with Gasteiger partial charge in [0.05, 0.1) is 18.2 Å². The number of hydrogen-bond acceptors (Lipinski definition) is 5. The maximum absolute atomic E-state index is 11.9. The van der Waals surface area contributed by atoms with Gasteiger partial charge in [0.1, 0.15) is 5.60 Å². The molecule has 9 heteroatoms. The predicted octanol–water partition coefficient (Wildman–Crippen LogP) is 1.40. The lowest BCUT2D eigenvalue weighted by molar-refractivity contribution is -0.0161. The zero-order valence-corrected chi connectivity index (χ0v) is 19.5. The summed E-state index contributed by atoms with van der Waals surface area (Å²) in [6, 6.07) is 0. The van der Waals surface area contributed by atoms with Gasteiger partial charge in [0.15, 0.2) is 5.96 Å².